The summed E-state index contributed by atoms with van der Waals surface area (Å²) >= 11 is 0. The Morgan fingerprint density at radius 2 is 1.68 bits per heavy atom. The zero-order valence-electron chi connectivity index (χ0n) is 16.5. The minimum absolute atomic E-state index is 0.108. The van der Waals surface area contributed by atoms with E-state index in [1.165, 1.54) is 24.3 Å². The van der Waals surface area contributed by atoms with Gasteiger partial charge in [-0.3, -0.25) is 9.59 Å². The molecule has 28 heavy (non-hydrogen) atoms. The average Bonchev–Trinajstić information content (AvgIpc) is 2.69. The van der Waals surface area contributed by atoms with E-state index < -0.39 is 17.8 Å². The zero-order valence-corrected chi connectivity index (χ0v) is 16.5. The topological polar surface area (TPSA) is 67.4 Å². The van der Waals surface area contributed by atoms with Crippen LogP contribution in [0.25, 0.3) is 0 Å². The van der Waals surface area contributed by atoms with Crippen molar-refractivity contribution in [1.82, 2.24) is 10.6 Å². The standard InChI is InChI=1S/C22H27FN2O3/c1-4-28-14-18-8-6-5-7-17(18)13-24-22(27)20(15(2)3)25-21(26)16-9-11-19(23)12-10-16/h5-12,15,20H,4,13-14H2,1-3H3,(H,24,27)(H,25,26). The van der Waals surface area contributed by atoms with Gasteiger partial charge in [-0.2, -0.15) is 0 Å². The van der Waals surface area contributed by atoms with Crippen LogP contribution in [0.15, 0.2) is 48.5 Å². The summed E-state index contributed by atoms with van der Waals surface area (Å²) in [4.78, 5) is 25.1. The number of carbonyl (C=O) groups is 2. The Morgan fingerprint density at radius 3 is 2.29 bits per heavy atom. The van der Waals surface area contributed by atoms with Gasteiger partial charge in [-0.15, -0.1) is 0 Å². The molecule has 0 saturated carbocycles. The first kappa shape index (κ1) is 21.6. The summed E-state index contributed by atoms with van der Waals surface area (Å²) in [6.45, 7) is 7.10. The van der Waals surface area contributed by atoms with Gasteiger partial charge in [-0.05, 0) is 48.2 Å². The maximum Gasteiger partial charge on any atom is 0.251 e. The van der Waals surface area contributed by atoms with Crippen molar-refractivity contribution in [3.63, 3.8) is 0 Å². The minimum atomic E-state index is -0.698. The van der Waals surface area contributed by atoms with Crippen LogP contribution in [0.2, 0.25) is 0 Å². The van der Waals surface area contributed by atoms with Crippen LogP contribution in [0.3, 0.4) is 0 Å². The number of hydrogen-bond acceptors (Lipinski definition) is 3. The normalized spacial score (nSPS) is 11.9. The lowest BCUT2D eigenvalue weighted by atomic mass is 10.0. The van der Waals surface area contributed by atoms with Crippen LogP contribution in [0.5, 0.6) is 0 Å². The van der Waals surface area contributed by atoms with Crippen LogP contribution in [0.1, 0.15) is 42.3 Å². The molecule has 1 atom stereocenters. The van der Waals surface area contributed by atoms with E-state index in [2.05, 4.69) is 10.6 Å². The summed E-state index contributed by atoms with van der Waals surface area (Å²) in [5, 5.41) is 5.63. The van der Waals surface area contributed by atoms with Crippen LogP contribution in [0, 0.1) is 11.7 Å². The summed E-state index contributed by atoms with van der Waals surface area (Å²) in [6, 6.07) is 12.3. The van der Waals surface area contributed by atoms with Crippen molar-refractivity contribution in [2.24, 2.45) is 5.92 Å². The number of carbonyl (C=O) groups excluding carboxylic acids is 2. The molecule has 2 rings (SSSR count). The lowest BCUT2D eigenvalue weighted by molar-refractivity contribution is -0.124. The first-order valence-electron chi connectivity index (χ1n) is 9.41. The Bertz CT molecular complexity index is 791. The summed E-state index contributed by atoms with van der Waals surface area (Å²) in [6.07, 6.45) is 0. The maximum atomic E-state index is 13.0. The molecule has 0 aromatic heterocycles. The maximum absolute atomic E-state index is 13.0. The van der Waals surface area contributed by atoms with Gasteiger partial charge in [0.05, 0.1) is 6.61 Å². The third-order valence-corrected chi connectivity index (χ3v) is 4.38. The molecule has 0 saturated heterocycles. The van der Waals surface area contributed by atoms with Gasteiger partial charge >= 0.3 is 0 Å². The Hall–Kier alpha value is -2.73. The molecule has 0 bridgehead atoms. The van der Waals surface area contributed by atoms with Crippen molar-refractivity contribution in [2.75, 3.05) is 6.61 Å². The van der Waals surface area contributed by atoms with Crippen LogP contribution in [0.4, 0.5) is 4.39 Å². The molecule has 2 amide bonds. The van der Waals surface area contributed by atoms with E-state index in [0.29, 0.717) is 25.3 Å². The lowest BCUT2D eigenvalue weighted by Crippen LogP contribution is -2.49. The highest BCUT2D eigenvalue weighted by Gasteiger charge is 2.24. The minimum Gasteiger partial charge on any atom is -0.377 e. The number of rotatable bonds is 9. The van der Waals surface area contributed by atoms with Crippen molar-refractivity contribution in [1.29, 1.82) is 0 Å². The Balaban J connectivity index is 2.01. The van der Waals surface area contributed by atoms with Crippen molar-refractivity contribution < 1.29 is 18.7 Å². The van der Waals surface area contributed by atoms with E-state index >= 15 is 0 Å². The van der Waals surface area contributed by atoms with E-state index in [-0.39, 0.29) is 11.8 Å². The molecule has 5 nitrogen and oxygen atoms in total. The second kappa shape index (κ2) is 10.6. The second-order valence-corrected chi connectivity index (χ2v) is 6.83. The van der Waals surface area contributed by atoms with Gasteiger partial charge in [0.15, 0.2) is 0 Å². The molecule has 0 heterocycles. The zero-order chi connectivity index (χ0) is 20.5. The third-order valence-electron chi connectivity index (χ3n) is 4.38. The smallest absolute Gasteiger partial charge is 0.251 e. The molecule has 2 aromatic rings. The molecular formula is C22H27FN2O3. The van der Waals surface area contributed by atoms with Gasteiger partial charge in [0.25, 0.3) is 5.91 Å². The summed E-state index contributed by atoms with van der Waals surface area (Å²) in [7, 11) is 0. The van der Waals surface area contributed by atoms with Gasteiger partial charge in [-0.1, -0.05) is 38.1 Å². The fourth-order valence-electron chi connectivity index (χ4n) is 2.74. The predicted molar refractivity (Wildman–Crippen MR) is 106 cm³/mol. The van der Waals surface area contributed by atoms with Crippen LogP contribution in [-0.2, 0) is 22.7 Å². The fourth-order valence-corrected chi connectivity index (χ4v) is 2.74. The largest absolute Gasteiger partial charge is 0.377 e. The molecule has 6 heteroatoms. The molecule has 150 valence electrons. The highest BCUT2D eigenvalue weighted by Crippen LogP contribution is 2.11. The number of benzene rings is 2. The van der Waals surface area contributed by atoms with E-state index in [1.807, 2.05) is 45.0 Å². The van der Waals surface area contributed by atoms with Gasteiger partial charge in [-0.25, -0.2) is 4.39 Å². The quantitative estimate of drug-likeness (QED) is 0.694. The summed E-state index contributed by atoms with van der Waals surface area (Å²) < 4.78 is 18.5. The Labute approximate surface area is 165 Å². The molecule has 0 aliphatic rings. The number of halogens is 1. The molecule has 1 unspecified atom stereocenters. The van der Waals surface area contributed by atoms with E-state index in [9.17, 15) is 14.0 Å². The van der Waals surface area contributed by atoms with Crippen molar-refractivity contribution in [3.05, 3.63) is 71.0 Å². The highest BCUT2D eigenvalue weighted by atomic mass is 19.1. The van der Waals surface area contributed by atoms with Gasteiger partial charge in [0, 0.05) is 18.7 Å². The lowest BCUT2D eigenvalue weighted by Gasteiger charge is -2.22. The van der Waals surface area contributed by atoms with Crippen molar-refractivity contribution >= 4 is 11.8 Å². The van der Waals surface area contributed by atoms with E-state index in [0.717, 1.165) is 11.1 Å². The Morgan fingerprint density at radius 1 is 1.04 bits per heavy atom. The first-order chi connectivity index (χ1) is 13.4. The fraction of sp³-hybridized carbons (Fsp3) is 0.364. The van der Waals surface area contributed by atoms with E-state index in [1.54, 1.807) is 0 Å². The van der Waals surface area contributed by atoms with Crippen LogP contribution >= 0.6 is 0 Å². The number of amides is 2. The van der Waals surface area contributed by atoms with Crippen LogP contribution in [-0.4, -0.2) is 24.5 Å². The first-order valence-corrected chi connectivity index (χ1v) is 9.41. The van der Waals surface area contributed by atoms with Crippen LogP contribution < -0.4 is 10.6 Å². The van der Waals surface area contributed by atoms with Crippen molar-refractivity contribution in [2.45, 2.75) is 40.0 Å². The average molecular weight is 386 g/mol. The number of hydrogen-bond donors (Lipinski definition) is 2. The van der Waals surface area contributed by atoms with Crippen molar-refractivity contribution in [3.8, 4) is 0 Å². The molecular weight excluding hydrogens is 359 g/mol. The van der Waals surface area contributed by atoms with Gasteiger partial charge in [0.2, 0.25) is 5.91 Å². The number of ether oxygens (including phenoxy) is 1. The summed E-state index contributed by atoms with van der Waals surface area (Å²) in [5.41, 5.74) is 2.29. The third kappa shape index (κ3) is 6.16. The Kier molecular flexibility index (Phi) is 8.14. The molecule has 0 fully saturated rings. The van der Waals surface area contributed by atoms with Gasteiger partial charge < -0.3 is 15.4 Å². The molecule has 0 spiro atoms. The highest BCUT2D eigenvalue weighted by molar-refractivity contribution is 5.97. The number of nitrogens with one attached hydrogen (secondary N) is 2. The molecule has 0 radical (unpaired) electrons. The van der Waals surface area contributed by atoms with Gasteiger partial charge in [0.1, 0.15) is 11.9 Å². The summed E-state index contributed by atoms with van der Waals surface area (Å²) in [5.74, 6) is -1.20. The molecule has 0 aliphatic heterocycles. The molecule has 0 aliphatic carbocycles. The molecule has 2 N–H and O–H groups in total. The predicted octanol–water partition coefficient (Wildman–Crippen LogP) is 3.43. The SMILES string of the molecule is CCOCc1ccccc1CNC(=O)C(NC(=O)c1ccc(F)cc1)C(C)C. The van der Waals surface area contributed by atoms with E-state index in [4.69, 9.17) is 4.74 Å². The second-order valence-electron chi connectivity index (χ2n) is 6.83. The monoisotopic (exact) mass is 386 g/mol. The molecule has 2 aromatic carbocycles.